The third-order valence-electron chi connectivity index (χ3n) is 4.58. The highest BCUT2D eigenvalue weighted by Crippen LogP contribution is 2.26. The Labute approximate surface area is 160 Å². The summed E-state index contributed by atoms with van der Waals surface area (Å²) in [5.41, 5.74) is 5.22. The highest BCUT2D eigenvalue weighted by atomic mass is 16.5. The summed E-state index contributed by atoms with van der Waals surface area (Å²) < 4.78 is 10.9. The summed E-state index contributed by atoms with van der Waals surface area (Å²) in [4.78, 5) is 11.5. The zero-order valence-electron chi connectivity index (χ0n) is 15.8. The van der Waals surface area contributed by atoms with Crippen molar-refractivity contribution in [2.75, 3.05) is 7.11 Å². The van der Waals surface area contributed by atoms with Gasteiger partial charge >= 0.3 is 5.97 Å². The van der Waals surface area contributed by atoms with Gasteiger partial charge in [0.1, 0.15) is 12.4 Å². The maximum Gasteiger partial charge on any atom is 0.337 e. The van der Waals surface area contributed by atoms with Gasteiger partial charge < -0.3 is 9.47 Å². The van der Waals surface area contributed by atoms with Crippen molar-refractivity contribution in [3.8, 4) is 5.75 Å². The molecule has 0 aliphatic carbocycles. The van der Waals surface area contributed by atoms with E-state index < -0.39 is 0 Å². The Balaban J connectivity index is 1.68. The van der Waals surface area contributed by atoms with Gasteiger partial charge in [0, 0.05) is 0 Å². The minimum absolute atomic E-state index is 0.329. The lowest BCUT2D eigenvalue weighted by Gasteiger charge is -2.14. The number of rotatable bonds is 7. The van der Waals surface area contributed by atoms with E-state index in [2.05, 4.69) is 49.4 Å². The first-order valence-corrected chi connectivity index (χ1v) is 9.10. The van der Waals surface area contributed by atoms with Crippen LogP contribution >= 0.6 is 0 Å². The minimum atomic E-state index is -0.329. The summed E-state index contributed by atoms with van der Waals surface area (Å²) in [7, 11) is 1.38. The molecule has 0 heterocycles. The van der Waals surface area contributed by atoms with Crippen molar-refractivity contribution in [3.05, 3.63) is 101 Å². The number of carbonyl (C=O) groups is 1. The van der Waals surface area contributed by atoms with E-state index >= 15 is 0 Å². The lowest BCUT2D eigenvalue weighted by atomic mass is 10.0. The molecular weight excluding hydrogens is 336 g/mol. The van der Waals surface area contributed by atoms with Gasteiger partial charge in [0.15, 0.2) is 0 Å². The van der Waals surface area contributed by atoms with Crippen LogP contribution in [0.2, 0.25) is 0 Å². The van der Waals surface area contributed by atoms with Gasteiger partial charge in [0.2, 0.25) is 0 Å². The zero-order chi connectivity index (χ0) is 19.1. The van der Waals surface area contributed by atoms with E-state index in [4.69, 9.17) is 9.47 Å². The molecule has 3 aromatic carbocycles. The predicted molar refractivity (Wildman–Crippen MR) is 107 cm³/mol. The summed E-state index contributed by atoms with van der Waals surface area (Å²) in [6.45, 7) is 2.53. The molecule has 0 saturated heterocycles. The molecule has 0 N–H and O–H groups in total. The van der Waals surface area contributed by atoms with E-state index in [1.54, 1.807) is 12.1 Å². The van der Waals surface area contributed by atoms with E-state index in [1.165, 1.54) is 18.2 Å². The van der Waals surface area contributed by atoms with Crippen LogP contribution in [0.25, 0.3) is 0 Å². The van der Waals surface area contributed by atoms with Crippen molar-refractivity contribution in [1.29, 1.82) is 0 Å². The van der Waals surface area contributed by atoms with E-state index in [-0.39, 0.29) is 5.97 Å². The van der Waals surface area contributed by atoms with Crippen molar-refractivity contribution in [1.82, 2.24) is 0 Å². The number of para-hydroxylation sites is 1. The molecule has 0 fully saturated rings. The number of benzene rings is 3. The van der Waals surface area contributed by atoms with Crippen LogP contribution in [0.5, 0.6) is 5.75 Å². The van der Waals surface area contributed by atoms with Crippen LogP contribution in [-0.2, 0) is 24.2 Å². The number of methoxy groups -OCH3 is 1. The second kappa shape index (κ2) is 9.04. The second-order valence-corrected chi connectivity index (χ2v) is 6.53. The van der Waals surface area contributed by atoms with Crippen LogP contribution in [0, 0.1) is 6.92 Å². The lowest BCUT2D eigenvalue weighted by Crippen LogP contribution is -2.04. The highest BCUT2D eigenvalue weighted by Gasteiger charge is 2.09. The van der Waals surface area contributed by atoms with Gasteiger partial charge in [-0.2, -0.15) is 0 Å². The molecule has 0 aliphatic rings. The van der Waals surface area contributed by atoms with Gasteiger partial charge in [-0.3, -0.25) is 0 Å². The number of hydrogen-bond donors (Lipinski definition) is 0. The van der Waals surface area contributed by atoms with Gasteiger partial charge in [0.05, 0.1) is 12.7 Å². The van der Waals surface area contributed by atoms with Crippen LogP contribution in [0.15, 0.2) is 72.8 Å². The summed E-state index contributed by atoms with van der Waals surface area (Å²) >= 11 is 0. The van der Waals surface area contributed by atoms with Crippen LogP contribution in [0.4, 0.5) is 0 Å². The third kappa shape index (κ3) is 4.98. The van der Waals surface area contributed by atoms with E-state index in [0.717, 1.165) is 29.7 Å². The fourth-order valence-corrected chi connectivity index (χ4v) is 3.05. The smallest absolute Gasteiger partial charge is 0.337 e. The quantitative estimate of drug-likeness (QED) is 0.547. The van der Waals surface area contributed by atoms with Gasteiger partial charge in [-0.05, 0) is 54.2 Å². The topological polar surface area (TPSA) is 35.5 Å². The maximum absolute atomic E-state index is 11.5. The molecule has 3 aromatic rings. The molecule has 0 radical (unpaired) electrons. The third-order valence-corrected chi connectivity index (χ3v) is 4.58. The van der Waals surface area contributed by atoms with Crippen LogP contribution < -0.4 is 4.74 Å². The number of hydrogen-bond acceptors (Lipinski definition) is 3. The maximum atomic E-state index is 11.5. The van der Waals surface area contributed by atoms with Crippen molar-refractivity contribution in [2.45, 2.75) is 26.4 Å². The second-order valence-electron chi connectivity index (χ2n) is 6.53. The summed E-state index contributed by atoms with van der Waals surface area (Å²) in [6.07, 6.45) is 1.91. The van der Waals surface area contributed by atoms with Gasteiger partial charge in [-0.1, -0.05) is 60.7 Å². The number of esters is 1. The minimum Gasteiger partial charge on any atom is -0.488 e. The molecule has 27 heavy (non-hydrogen) atoms. The van der Waals surface area contributed by atoms with Gasteiger partial charge in [-0.15, -0.1) is 0 Å². The number of carbonyl (C=O) groups excluding carboxylic acids is 1. The molecule has 138 valence electrons. The standard InChI is InChI=1S/C24H24O3/c1-18-7-6-10-21(14-11-19-8-4-3-5-9-19)23(18)27-17-20-12-15-22(16-13-20)24(25)26-2/h3-10,12-13,15-16H,11,14,17H2,1-2H3. The number of aryl methyl sites for hydroxylation is 3. The van der Waals surface area contributed by atoms with E-state index in [9.17, 15) is 4.79 Å². The molecule has 0 atom stereocenters. The number of ether oxygens (including phenoxy) is 2. The van der Waals surface area contributed by atoms with Crippen molar-refractivity contribution < 1.29 is 14.3 Å². The fourth-order valence-electron chi connectivity index (χ4n) is 3.05. The summed E-state index contributed by atoms with van der Waals surface area (Å²) in [6, 6.07) is 24.1. The van der Waals surface area contributed by atoms with Crippen molar-refractivity contribution in [2.24, 2.45) is 0 Å². The molecule has 0 unspecified atom stereocenters. The van der Waals surface area contributed by atoms with Crippen molar-refractivity contribution in [3.63, 3.8) is 0 Å². The normalized spacial score (nSPS) is 10.4. The van der Waals surface area contributed by atoms with E-state index in [0.29, 0.717) is 12.2 Å². The molecule has 0 saturated carbocycles. The van der Waals surface area contributed by atoms with Crippen LogP contribution in [0.1, 0.15) is 32.6 Å². The fraction of sp³-hybridized carbons (Fsp3) is 0.208. The monoisotopic (exact) mass is 360 g/mol. The average Bonchev–Trinajstić information content (AvgIpc) is 2.72. The molecule has 0 amide bonds. The Hall–Kier alpha value is -3.07. The predicted octanol–water partition coefficient (Wildman–Crippen LogP) is 5.15. The van der Waals surface area contributed by atoms with Crippen LogP contribution in [-0.4, -0.2) is 13.1 Å². The molecule has 0 aliphatic heterocycles. The van der Waals surface area contributed by atoms with E-state index in [1.807, 2.05) is 18.2 Å². The molecule has 0 spiro atoms. The average molecular weight is 360 g/mol. The first-order chi connectivity index (χ1) is 13.2. The SMILES string of the molecule is COC(=O)c1ccc(COc2c(C)cccc2CCc2ccccc2)cc1. The summed E-state index contributed by atoms with van der Waals surface area (Å²) in [5.74, 6) is 0.620. The highest BCUT2D eigenvalue weighted by molar-refractivity contribution is 5.89. The lowest BCUT2D eigenvalue weighted by molar-refractivity contribution is 0.0600. The Morgan fingerprint density at radius 2 is 1.56 bits per heavy atom. The molecule has 0 aromatic heterocycles. The van der Waals surface area contributed by atoms with Crippen molar-refractivity contribution >= 4 is 5.97 Å². The molecular formula is C24H24O3. The molecule has 3 heteroatoms. The zero-order valence-corrected chi connectivity index (χ0v) is 15.8. The molecule has 3 rings (SSSR count). The van der Waals surface area contributed by atoms with Crippen LogP contribution in [0.3, 0.4) is 0 Å². The van der Waals surface area contributed by atoms with Gasteiger partial charge in [0.25, 0.3) is 0 Å². The Kier molecular flexibility index (Phi) is 6.26. The first kappa shape index (κ1) is 18.7. The summed E-state index contributed by atoms with van der Waals surface area (Å²) in [5, 5.41) is 0. The Bertz CT molecular complexity index is 883. The first-order valence-electron chi connectivity index (χ1n) is 9.10. The Morgan fingerprint density at radius 1 is 0.815 bits per heavy atom. The Morgan fingerprint density at radius 3 is 2.26 bits per heavy atom. The largest absolute Gasteiger partial charge is 0.488 e. The molecule has 3 nitrogen and oxygen atoms in total. The van der Waals surface area contributed by atoms with Gasteiger partial charge in [-0.25, -0.2) is 4.79 Å². The molecule has 0 bridgehead atoms.